The van der Waals surface area contributed by atoms with E-state index in [-0.39, 0.29) is 29.9 Å². The van der Waals surface area contributed by atoms with Gasteiger partial charge in [-0.05, 0) is 39.2 Å². The molecule has 0 aliphatic heterocycles. The Labute approximate surface area is 126 Å². The Balaban J connectivity index is 2.75. The lowest BCUT2D eigenvalue weighted by Crippen LogP contribution is -2.48. The summed E-state index contributed by atoms with van der Waals surface area (Å²) in [5, 5.41) is 12.0. The summed E-state index contributed by atoms with van der Waals surface area (Å²) in [5.74, 6) is 0.270. The first kappa shape index (κ1) is 17.2. The first-order valence-electron chi connectivity index (χ1n) is 6.95. The number of ketones is 1. The highest BCUT2D eigenvalue weighted by atomic mass is 35.5. The summed E-state index contributed by atoms with van der Waals surface area (Å²) in [6.07, 6.45) is 1.56. The number of carbonyl (C=O) groups excluding carboxylic acids is 1. The Morgan fingerprint density at radius 1 is 1.30 bits per heavy atom. The molecule has 0 saturated carbocycles. The minimum Gasteiger partial charge on any atom is -0.396 e. The molecule has 1 rings (SSSR count). The van der Waals surface area contributed by atoms with Gasteiger partial charge in [-0.1, -0.05) is 24.3 Å². The number of Topliss-reactive ketones (excluding diaryl/α,β-unsaturated/α-hetero) is 1. The summed E-state index contributed by atoms with van der Waals surface area (Å²) in [7, 11) is 0. The molecular weight excluding hydrogens is 274 g/mol. The van der Waals surface area contributed by atoms with E-state index >= 15 is 0 Å². The Morgan fingerprint density at radius 3 is 2.35 bits per heavy atom. The lowest BCUT2D eigenvalue weighted by molar-refractivity contribution is 0.0937. The van der Waals surface area contributed by atoms with Gasteiger partial charge in [0.15, 0.2) is 5.78 Å². The van der Waals surface area contributed by atoms with Gasteiger partial charge in [0.1, 0.15) is 0 Å². The van der Waals surface area contributed by atoms with Crippen molar-refractivity contribution in [1.29, 1.82) is 0 Å². The van der Waals surface area contributed by atoms with Gasteiger partial charge in [-0.25, -0.2) is 0 Å². The molecule has 0 spiro atoms. The van der Waals surface area contributed by atoms with E-state index in [1.807, 2.05) is 45.0 Å². The van der Waals surface area contributed by atoms with Crippen LogP contribution in [0.3, 0.4) is 0 Å². The Bertz CT molecular complexity index is 423. The second-order valence-corrected chi connectivity index (χ2v) is 6.30. The van der Waals surface area contributed by atoms with Crippen molar-refractivity contribution in [3.63, 3.8) is 0 Å². The molecule has 0 radical (unpaired) electrons. The van der Waals surface area contributed by atoms with Gasteiger partial charge in [0.25, 0.3) is 0 Å². The first-order valence-corrected chi connectivity index (χ1v) is 7.48. The van der Waals surface area contributed by atoms with Gasteiger partial charge in [0.05, 0.1) is 6.04 Å². The fourth-order valence-electron chi connectivity index (χ4n) is 2.02. The summed E-state index contributed by atoms with van der Waals surface area (Å²) < 4.78 is 0. The number of aryl methyl sites for hydroxylation is 1. The zero-order valence-corrected chi connectivity index (χ0v) is 13.2. The quantitative estimate of drug-likeness (QED) is 0.601. The molecule has 0 bridgehead atoms. The molecule has 0 aliphatic rings. The van der Waals surface area contributed by atoms with Crippen molar-refractivity contribution < 1.29 is 9.90 Å². The number of rotatable bonds is 7. The van der Waals surface area contributed by atoms with E-state index in [1.54, 1.807) is 0 Å². The minimum absolute atomic E-state index is 0.0173. The average molecular weight is 298 g/mol. The van der Waals surface area contributed by atoms with Gasteiger partial charge in [0.2, 0.25) is 0 Å². The van der Waals surface area contributed by atoms with Gasteiger partial charge < -0.3 is 10.4 Å². The van der Waals surface area contributed by atoms with Gasteiger partial charge in [-0.3, -0.25) is 4.79 Å². The van der Waals surface area contributed by atoms with E-state index in [0.717, 1.165) is 18.4 Å². The van der Waals surface area contributed by atoms with E-state index in [1.165, 1.54) is 0 Å². The summed E-state index contributed by atoms with van der Waals surface area (Å²) in [6.45, 7) is 6.22. The summed E-state index contributed by atoms with van der Waals surface area (Å²) in [4.78, 5) is 12.4. The van der Waals surface area contributed by atoms with Gasteiger partial charge in [-0.15, -0.1) is 11.6 Å². The van der Waals surface area contributed by atoms with Crippen LogP contribution in [0.5, 0.6) is 0 Å². The van der Waals surface area contributed by atoms with E-state index < -0.39 is 0 Å². The maximum atomic E-state index is 12.4. The van der Waals surface area contributed by atoms with Crippen LogP contribution >= 0.6 is 11.6 Å². The van der Waals surface area contributed by atoms with Crippen LogP contribution in [0, 0.1) is 0 Å². The van der Waals surface area contributed by atoms with Crippen molar-refractivity contribution in [3.8, 4) is 0 Å². The monoisotopic (exact) mass is 297 g/mol. The van der Waals surface area contributed by atoms with Crippen molar-refractivity contribution in [1.82, 2.24) is 5.32 Å². The summed E-state index contributed by atoms with van der Waals surface area (Å²) in [6, 6.07) is 7.16. The standard InChI is InChI=1S/C16H24ClNO2/c1-16(2,3)18-14(11-17)15(20)13-8-6-12(7-9-13)5-4-10-19/h6-9,14,18-19H,4-5,10-11H2,1-3H3. The van der Waals surface area contributed by atoms with Gasteiger partial charge in [-0.2, -0.15) is 0 Å². The number of carbonyl (C=O) groups is 1. The highest BCUT2D eigenvalue weighted by Crippen LogP contribution is 2.12. The molecule has 1 unspecified atom stereocenters. The van der Waals surface area contributed by atoms with Crippen molar-refractivity contribution in [3.05, 3.63) is 35.4 Å². The molecule has 20 heavy (non-hydrogen) atoms. The summed E-state index contributed by atoms with van der Waals surface area (Å²) in [5.41, 5.74) is 1.64. The smallest absolute Gasteiger partial charge is 0.180 e. The van der Waals surface area contributed by atoms with Crippen LogP contribution in [-0.4, -0.2) is 35.0 Å². The largest absolute Gasteiger partial charge is 0.396 e. The number of benzene rings is 1. The zero-order valence-electron chi connectivity index (χ0n) is 12.4. The van der Waals surface area contributed by atoms with Crippen LogP contribution in [-0.2, 0) is 6.42 Å². The van der Waals surface area contributed by atoms with E-state index in [9.17, 15) is 4.79 Å². The van der Waals surface area contributed by atoms with Crippen molar-refractivity contribution >= 4 is 17.4 Å². The Morgan fingerprint density at radius 2 is 1.90 bits per heavy atom. The molecule has 2 N–H and O–H groups in total. The molecule has 1 aromatic carbocycles. The van der Waals surface area contributed by atoms with Crippen molar-refractivity contribution in [2.45, 2.75) is 45.2 Å². The molecular formula is C16H24ClNO2. The number of halogens is 1. The van der Waals surface area contributed by atoms with Crippen LogP contribution in [0.4, 0.5) is 0 Å². The van der Waals surface area contributed by atoms with E-state index in [0.29, 0.717) is 5.56 Å². The molecule has 112 valence electrons. The Hall–Kier alpha value is -0.900. The lowest BCUT2D eigenvalue weighted by atomic mass is 9.99. The second-order valence-electron chi connectivity index (χ2n) is 5.99. The third kappa shape index (κ3) is 5.61. The predicted molar refractivity (Wildman–Crippen MR) is 83.6 cm³/mol. The van der Waals surface area contributed by atoms with Gasteiger partial charge in [0, 0.05) is 23.6 Å². The normalized spacial score (nSPS) is 13.2. The number of hydrogen-bond acceptors (Lipinski definition) is 3. The molecule has 0 aliphatic carbocycles. The molecule has 1 aromatic rings. The molecule has 1 atom stereocenters. The molecule has 4 heteroatoms. The number of nitrogens with one attached hydrogen (secondary N) is 1. The van der Waals surface area contributed by atoms with Crippen LogP contribution < -0.4 is 5.32 Å². The molecule has 0 aromatic heterocycles. The van der Waals surface area contributed by atoms with E-state index in [4.69, 9.17) is 16.7 Å². The number of aliphatic hydroxyl groups excluding tert-OH is 1. The summed E-state index contributed by atoms with van der Waals surface area (Å²) >= 11 is 5.91. The van der Waals surface area contributed by atoms with Gasteiger partial charge >= 0.3 is 0 Å². The Kier molecular flexibility index (Phi) is 6.66. The molecule has 3 nitrogen and oxygen atoms in total. The second kappa shape index (κ2) is 7.77. The van der Waals surface area contributed by atoms with E-state index in [2.05, 4.69) is 5.32 Å². The van der Waals surface area contributed by atoms with Crippen LogP contribution in [0.2, 0.25) is 0 Å². The topological polar surface area (TPSA) is 49.3 Å². The number of alkyl halides is 1. The minimum atomic E-state index is -0.375. The lowest BCUT2D eigenvalue weighted by Gasteiger charge is -2.26. The maximum absolute atomic E-state index is 12.4. The number of aliphatic hydroxyl groups is 1. The fourth-order valence-corrected chi connectivity index (χ4v) is 2.23. The SMILES string of the molecule is CC(C)(C)NC(CCl)C(=O)c1ccc(CCCO)cc1. The third-order valence-corrected chi connectivity index (χ3v) is 3.25. The van der Waals surface area contributed by atoms with Crippen LogP contribution in [0.15, 0.2) is 24.3 Å². The zero-order chi connectivity index (χ0) is 15.2. The van der Waals surface area contributed by atoms with Crippen molar-refractivity contribution in [2.75, 3.05) is 12.5 Å². The first-order chi connectivity index (χ1) is 9.37. The highest BCUT2D eigenvalue weighted by Gasteiger charge is 2.23. The molecule has 0 saturated heterocycles. The highest BCUT2D eigenvalue weighted by molar-refractivity contribution is 6.21. The van der Waals surface area contributed by atoms with Crippen LogP contribution in [0.25, 0.3) is 0 Å². The molecule has 0 fully saturated rings. The average Bonchev–Trinajstić information content (AvgIpc) is 2.41. The van der Waals surface area contributed by atoms with Crippen LogP contribution in [0.1, 0.15) is 43.1 Å². The number of hydrogen-bond donors (Lipinski definition) is 2. The molecule has 0 amide bonds. The van der Waals surface area contributed by atoms with Crippen molar-refractivity contribution in [2.24, 2.45) is 0 Å². The maximum Gasteiger partial charge on any atom is 0.180 e. The third-order valence-electron chi connectivity index (χ3n) is 2.94. The molecule has 0 heterocycles. The fraction of sp³-hybridized carbons (Fsp3) is 0.562. The predicted octanol–water partition coefficient (Wildman–Crippen LogP) is 2.79.